The van der Waals surface area contributed by atoms with Gasteiger partial charge in [-0.15, -0.1) is 0 Å². The number of hydrogen-bond acceptors (Lipinski definition) is 4. The fourth-order valence-electron chi connectivity index (χ4n) is 3.75. The van der Waals surface area contributed by atoms with Gasteiger partial charge < -0.3 is 19.3 Å². The van der Waals surface area contributed by atoms with Crippen LogP contribution in [0.5, 0.6) is 0 Å². The summed E-state index contributed by atoms with van der Waals surface area (Å²) in [6.07, 6.45) is 1.81. The molecule has 2 saturated heterocycles. The number of carbonyl (C=O) groups excluding carboxylic acids is 1. The topological polar surface area (TPSA) is 42.0 Å². The first kappa shape index (κ1) is 18.4. The number of morpholine rings is 1. The van der Waals surface area contributed by atoms with Crippen molar-refractivity contribution in [1.82, 2.24) is 4.90 Å². The second-order valence-corrected chi connectivity index (χ2v) is 7.46. The molecule has 0 N–H and O–H groups in total. The Hall–Kier alpha value is -1.43. The standard InChI is InChI=1S/C20H30N2O3/c1-16(2)24-14-13-21-11-9-20(10-12-21)15-22(19(23)17(3)25-20)18-7-5-4-6-8-18/h4-8,16-17H,9-15H2,1-3H3. The second-order valence-electron chi connectivity index (χ2n) is 7.46. The lowest BCUT2D eigenvalue weighted by atomic mass is 9.88. The van der Waals surface area contributed by atoms with Gasteiger partial charge >= 0.3 is 0 Å². The van der Waals surface area contributed by atoms with E-state index < -0.39 is 0 Å². The highest BCUT2D eigenvalue weighted by atomic mass is 16.5. The van der Waals surface area contributed by atoms with Gasteiger partial charge in [-0.3, -0.25) is 4.79 Å². The zero-order valence-electron chi connectivity index (χ0n) is 15.6. The minimum Gasteiger partial charge on any atom is -0.377 e. The van der Waals surface area contributed by atoms with Crippen molar-refractivity contribution in [2.75, 3.05) is 37.7 Å². The summed E-state index contributed by atoms with van der Waals surface area (Å²) >= 11 is 0. The molecular weight excluding hydrogens is 316 g/mol. The first-order valence-electron chi connectivity index (χ1n) is 9.37. The highest BCUT2D eigenvalue weighted by Gasteiger charge is 2.45. The van der Waals surface area contributed by atoms with Crippen LogP contribution < -0.4 is 4.90 Å². The molecule has 2 heterocycles. The molecule has 0 aliphatic carbocycles. The number of hydrogen-bond donors (Lipinski definition) is 0. The molecule has 2 aliphatic heterocycles. The number of likely N-dealkylation sites (tertiary alicyclic amines) is 1. The van der Waals surface area contributed by atoms with E-state index in [2.05, 4.69) is 18.7 Å². The first-order chi connectivity index (χ1) is 12.0. The number of piperidine rings is 1. The third-order valence-corrected chi connectivity index (χ3v) is 5.18. The minimum absolute atomic E-state index is 0.0598. The fraction of sp³-hybridized carbons (Fsp3) is 0.650. The van der Waals surface area contributed by atoms with E-state index in [1.807, 2.05) is 42.2 Å². The fourth-order valence-corrected chi connectivity index (χ4v) is 3.75. The Morgan fingerprint density at radius 3 is 2.56 bits per heavy atom. The largest absolute Gasteiger partial charge is 0.377 e. The summed E-state index contributed by atoms with van der Waals surface area (Å²) in [7, 11) is 0. The van der Waals surface area contributed by atoms with Gasteiger partial charge in [0.15, 0.2) is 0 Å². The zero-order chi connectivity index (χ0) is 17.9. The van der Waals surface area contributed by atoms with E-state index >= 15 is 0 Å². The van der Waals surface area contributed by atoms with E-state index in [-0.39, 0.29) is 23.7 Å². The number of para-hydroxylation sites is 1. The Bertz CT molecular complexity index is 568. The Balaban J connectivity index is 1.62. The third-order valence-electron chi connectivity index (χ3n) is 5.18. The predicted molar refractivity (Wildman–Crippen MR) is 98.8 cm³/mol. The molecule has 138 valence electrons. The lowest BCUT2D eigenvalue weighted by molar-refractivity contribution is -0.161. The minimum atomic E-state index is -0.384. The Kier molecular flexibility index (Phi) is 5.77. The number of rotatable bonds is 5. The Morgan fingerprint density at radius 2 is 1.92 bits per heavy atom. The van der Waals surface area contributed by atoms with Crippen molar-refractivity contribution >= 4 is 11.6 Å². The highest BCUT2D eigenvalue weighted by Crippen LogP contribution is 2.34. The number of carbonyl (C=O) groups is 1. The van der Waals surface area contributed by atoms with E-state index in [1.165, 1.54) is 0 Å². The molecule has 25 heavy (non-hydrogen) atoms. The van der Waals surface area contributed by atoms with Crippen molar-refractivity contribution in [2.24, 2.45) is 0 Å². The zero-order valence-corrected chi connectivity index (χ0v) is 15.6. The molecular formula is C20H30N2O3. The van der Waals surface area contributed by atoms with Crippen molar-refractivity contribution in [2.45, 2.75) is 51.4 Å². The van der Waals surface area contributed by atoms with Crippen LogP contribution in [0.4, 0.5) is 5.69 Å². The summed E-state index contributed by atoms with van der Waals surface area (Å²) in [6.45, 7) is 10.4. The average molecular weight is 346 g/mol. The molecule has 0 bridgehead atoms. The summed E-state index contributed by atoms with van der Waals surface area (Å²) in [5.74, 6) is 0.0598. The van der Waals surface area contributed by atoms with Gasteiger partial charge in [0.1, 0.15) is 6.10 Å². The van der Waals surface area contributed by atoms with Gasteiger partial charge in [0, 0.05) is 25.3 Å². The van der Waals surface area contributed by atoms with E-state index in [0.717, 1.165) is 44.8 Å². The Morgan fingerprint density at radius 1 is 1.24 bits per heavy atom. The third kappa shape index (κ3) is 4.40. The summed E-state index contributed by atoms with van der Waals surface area (Å²) in [5, 5.41) is 0. The van der Waals surface area contributed by atoms with Crippen molar-refractivity contribution in [3.05, 3.63) is 30.3 Å². The van der Waals surface area contributed by atoms with Crippen LogP contribution in [0.2, 0.25) is 0 Å². The number of ether oxygens (including phenoxy) is 2. The predicted octanol–water partition coefficient (Wildman–Crippen LogP) is 2.70. The number of anilines is 1. The maximum absolute atomic E-state index is 12.6. The van der Waals surface area contributed by atoms with Gasteiger partial charge in [0.25, 0.3) is 5.91 Å². The van der Waals surface area contributed by atoms with Crippen LogP contribution in [0.3, 0.4) is 0 Å². The molecule has 2 fully saturated rings. The van der Waals surface area contributed by atoms with Crippen molar-refractivity contribution in [3.63, 3.8) is 0 Å². The summed E-state index contributed by atoms with van der Waals surface area (Å²) in [4.78, 5) is 16.9. The smallest absolute Gasteiger partial charge is 0.255 e. The normalized spacial score (nSPS) is 24.2. The van der Waals surface area contributed by atoms with E-state index in [0.29, 0.717) is 6.54 Å². The van der Waals surface area contributed by atoms with Gasteiger partial charge in [-0.05, 0) is 45.7 Å². The van der Waals surface area contributed by atoms with Gasteiger partial charge in [-0.1, -0.05) is 18.2 Å². The second kappa shape index (κ2) is 7.85. The van der Waals surface area contributed by atoms with Crippen LogP contribution in [0.25, 0.3) is 0 Å². The maximum Gasteiger partial charge on any atom is 0.255 e. The van der Waals surface area contributed by atoms with E-state index in [4.69, 9.17) is 9.47 Å². The van der Waals surface area contributed by atoms with Crippen LogP contribution in [-0.2, 0) is 14.3 Å². The average Bonchev–Trinajstić information content (AvgIpc) is 2.61. The molecule has 3 rings (SSSR count). The maximum atomic E-state index is 12.6. The van der Waals surface area contributed by atoms with E-state index in [1.54, 1.807) is 0 Å². The molecule has 0 radical (unpaired) electrons. The molecule has 1 aromatic carbocycles. The van der Waals surface area contributed by atoms with Gasteiger partial charge in [-0.25, -0.2) is 0 Å². The number of amides is 1. The molecule has 1 atom stereocenters. The molecule has 0 aromatic heterocycles. The molecule has 2 aliphatic rings. The number of benzene rings is 1. The molecule has 0 saturated carbocycles. The van der Waals surface area contributed by atoms with Crippen LogP contribution in [0, 0.1) is 0 Å². The van der Waals surface area contributed by atoms with E-state index in [9.17, 15) is 4.79 Å². The van der Waals surface area contributed by atoms with Gasteiger partial charge in [0.05, 0.1) is 24.9 Å². The highest BCUT2D eigenvalue weighted by molar-refractivity contribution is 5.97. The van der Waals surface area contributed by atoms with Crippen LogP contribution in [0.1, 0.15) is 33.6 Å². The molecule has 1 amide bonds. The van der Waals surface area contributed by atoms with Crippen LogP contribution in [-0.4, -0.2) is 61.4 Å². The molecule has 1 spiro atoms. The lowest BCUT2D eigenvalue weighted by Crippen LogP contribution is -2.61. The van der Waals surface area contributed by atoms with Crippen molar-refractivity contribution in [3.8, 4) is 0 Å². The quantitative estimate of drug-likeness (QED) is 0.822. The summed E-state index contributed by atoms with van der Waals surface area (Å²) in [5.41, 5.74) is 0.744. The van der Waals surface area contributed by atoms with Crippen molar-refractivity contribution < 1.29 is 14.3 Å². The van der Waals surface area contributed by atoms with Gasteiger partial charge in [0.2, 0.25) is 0 Å². The molecule has 1 unspecified atom stereocenters. The molecule has 1 aromatic rings. The first-order valence-corrected chi connectivity index (χ1v) is 9.37. The van der Waals surface area contributed by atoms with Crippen molar-refractivity contribution in [1.29, 1.82) is 0 Å². The summed E-state index contributed by atoms with van der Waals surface area (Å²) < 4.78 is 11.9. The van der Waals surface area contributed by atoms with Gasteiger partial charge in [-0.2, -0.15) is 0 Å². The van der Waals surface area contributed by atoms with Crippen LogP contribution >= 0.6 is 0 Å². The lowest BCUT2D eigenvalue weighted by Gasteiger charge is -2.49. The molecule has 5 nitrogen and oxygen atoms in total. The summed E-state index contributed by atoms with van der Waals surface area (Å²) in [6, 6.07) is 9.94. The SMILES string of the molecule is CC(C)OCCN1CCC2(CC1)CN(c1ccccc1)C(=O)C(C)O2. The monoisotopic (exact) mass is 346 g/mol. The van der Waals surface area contributed by atoms with Crippen LogP contribution in [0.15, 0.2) is 30.3 Å². The molecule has 5 heteroatoms. The Labute approximate surface area is 150 Å². The number of nitrogens with zero attached hydrogens (tertiary/aromatic N) is 2.